The smallest absolute Gasteiger partial charge is 0.305 e. The van der Waals surface area contributed by atoms with Gasteiger partial charge < -0.3 is 20.3 Å². The first-order valence-electron chi connectivity index (χ1n) is 32.5. The number of aliphatic hydroxyl groups is 2. The summed E-state index contributed by atoms with van der Waals surface area (Å²) in [5, 5.41) is 23.2. The first kappa shape index (κ1) is 69.6. The molecule has 0 fully saturated rings. The predicted molar refractivity (Wildman–Crippen MR) is 310 cm³/mol. The van der Waals surface area contributed by atoms with Gasteiger partial charge in [0.15, 0.2) is 0 Å². The van der Waals surface area contributed by atoms with Crippen molar-refractivity contribution in [3.63, 3.8) is 0 Å². The van der Waals surface area contributed by atoms with Crippen LogP contribution in [0, 0.1) is 0 Å². The molecule has 2 atom stereocenters. The summed E-state index contributed by atoms with van der Waals surface area (Å²) < 4.78 is 5.48. The van der Waals surface area contributed by atoms with E-state index >= 15 is 0 Å². The van der Waals surface area contributed by atoms with E-state index < -0.39 is 12.1 Å². The van der Waals surface area contributed by atoms with E-state index in [9.17, 15) is 19.8 Å². The van der Waals surface area contributed by atoms with Crippen LogP contribution in [0.25, 0.3) is 0 Å². The Hall–Kier alpha value is -1.40. The molecule has 0 aliphatic heterocycles. The second kappa shape index (κ2) is 61.1. The van der Waals surface area contributed by atoms with Gasteiger partial charge >= 0.3 is 5.97 Å². The Labute approximate surface area is 444 Å². The van der Waals surface area contributed by atoms with Gasteiger partial charge in [-0.2, -0.15) is 0 Å². The Bertz CT molecular complexity index is 1060. The van der Waals surface area contributed by atoms with Crippen molar-refractivity contribution in [1.82, 2.24) is 5.32 Å². The fourth-order valence-corrected chi connectivity index (χ4v) is 10.3. The third-order valence-corrected chi connectivity index (χ3v) is 15.3. The molecular weight excluding hydrogens is 875 g/mol. The highest BCUT2D eigenvalue weighted by atomic mass is 16.5. The van der Waals surface area contributed by atoms with Crippen molar-refractivity contribution in [3.05, 3.63) is 12.2 Å². The van der Waals surface area contributed by atoms with Crippen molar-refractivity contribution in [2.24, 2.45) is 0 Å². The number of aliphatic hydroxyl groups excluding tert-OH is 2. The van der Waals surface area contributed by atoms with Gasteiger partial charge in [0.1, 0.15) is 0 Å². The Morgan fingerprint density at radius 3 is 0.958 bits per heavy atom. The van der Waals surface area contributed by atoms with Gasteiger partial charge in [0.2, 0.25) is 5.91 Å². The summed E-state index contributed by atoms with van der Waals surface area (Å²) in [7, 11) is 0. The van der Waals surface area contributed by atoms with Crippen LogP contribution >= 0.6 is 0 Å². The van der Waals surface area contributed by atoms with Gasteiger partial charge in [-0.3, -0.25) is 9.59 Å². The average molecular weight is 1000 g/mol. The van der Waals surface area contributed by atoms with Crippen LogP contribution in [0.5, 0.6) is 0 Å². The second-order valence-corrected chi connectivity index (χ2v) is 22.5. The van der Waals surface area contributed by atoms with Crippen LogP contribution < -0.4 is 5.32 Å². The molecule has 422 valence electrons. The fourth-order valence-electron chi connectivity index (χ4n) is 10.3. The minimum Gasteiger partial charge on any atom is -0.466 e. The number of rotatable bonds is 61. The predicted octanol–water partition coefficient (Wildman–Crippen LogP) is 20.4. The summed E-state index contributed by atoms with van der Waals surface area (Å²) in [6.45, 7) is 4.94. The van der Waals surface area contributed by atoms with E-state index in [2.05, 4.69) is 19.2 Å². The summed E-state index contributed by atoms with van der Waals surface area (Å²) in [6, 6.07) is -0.626. The lowest BCUT2D eigenvalue weighted by Gasteiger charge is -2.20. The van der Waals surface area contributed by atoms with E-state index in [1.54, 1.807) is 6.08 Å². The molecule has 6 heteroatoms. The first-order chi connectivity index (χ1) is 35.0. The van der Waals surface area contributed by atoms with E-state index in [0.29, 0.717) is 19.4 Å². The van der Waals surface area contributed by atoms with E-state index in [1.807, 2.05) is 6.08 Å². The third-order valence-electron chi connectivity index (χ3n) is 15.3. The Kier molecular flexibility index (Phi) is 59.9. The summed E-state index contributed by atoms with van der Waals surface area (Å²) >= 11 is 0. The molecule has 0 saturated heterocycles. The van der Waals surface area contributed by atoms with Crippen molar-refractivity contribution in [3.8, 4) is 0 Å². The minimum absolute atomic E-state index is 0.0164. The minimum atomic E-state index is -0.843. The van der Waals surface area contributed by atoms with Crippen LogP contribution in [0.4, 0.5) is 0 Å². The number of hydrogen-bond donors (Lipinski definition) is 3. The van der Waals surface area contributed by atoms with Gasteiger partial charge in [-0.1, -0.05) is 334 Å². The molecule has 6 nitrogen and oxygen atoms in total. The Morgan fingerprint density at radius 2 is 0.648 bits per heavy atom. The maximum Gasteiger partial charge on any atom is 0.305 e. The molecule has 1 amide bonds. The molecule has 0 radical (unpaired) electrons. The molecule has 0 saturated carbocycles. The zero-order chi connectivity index (χ0) is 51.4. The van der Waals surface area contributed by atoms with Crippen LogP contribution in [0.3, 0.4) is 0 Å². The van der Waals surface area contributed by atoms with E-state index in [-0.39, 0.29) is 18.5 Å². The van der Waals surface area contributed by atoms with Crippen molar-refractivity contribution in [2.45, 2.75) is 379 Å². The molecule has 0 aromatic rings. The van der Waals surface area contributed by atoms with Crippen molar-refractivity contribution in [2.75, 3.05) is 13.2 Å². The number of esters is 1. The fraction of sp³-hybridized carbons (Fsp3) is 0.938. The van der Waals surface area contributed by atoms with Gasteiger partial charge in [-0.05, 0) is 32.1 Å². The standard InChI is InChI=1S/C65H127NO5/c1-3-5-7-9-11-13-15-17-18-19-28-31-34-37-41-45-49-53-57-63(68)62(61-67)66-64(69)58-54-50-46-42-38-35-32-29-26-24-22-20-21-23-25-27-30-33-36-40-44-48-52-56-60-71-65(70)59-55-51-47-43-39-16-14-12-10-8-6-4-2/h53,57,62-63,67-68H,3-52,54-56,58-61H2,1-2H3,(H,66,69)/b57-53+. The molecule has 0 aromatic carbocycles. The van der Waals surface area contributed by atoms with Gasteiger partial charge in [0, 0.05) is 12.8 Å². The molecule has 2 unspecified atom stereocenters. The summed E-state index contributed by atoms with van der Waals surface area (Å²) in [5.41, 5.74) is 0. The number of allylic oxidation sites excluding steroid dienone is 1. The number of carbonyl (C=O) groups is 2. The van der Waals surface area contributed by atoms with Gasteiger partial charge in [-0.15, -0.1) is 0 Å². The topological polar surface area (TPSA) is 95.9 Å². The lowest BCUT2D eigenvalue weighted by molar-refractivity contribution is -0.143. The van der Waals surface area contributed by atoms with Gasteiger partial charge in [0.25, 0.3) is 0 Å². The summed E-state index contributed by atoms with van der Waals surface area (Å²) in [4.78, 5) is 24.5. The van der Waals surface area contributed by atoms with Crippen LogP contribution in [0.1, 0.15) is 367 Å². The normalized spacial score (nSPS) is 12.6. The highest BCUT2D eigenvalue weighted by Gasteiger charge is 2.18. The summed E-state index contributed by atoms with van der Waals surface area (Å²) in [5.74, 6) is -0.0469. The summed E-state index contributed by atoms with van der Waals surface area (Å²) in [6.07, 6.45) is 74.1. The maximum absolute atomic E-state index is 12.5. The first-order valence-corrected chi connectivity index (χ1v) is 32.5. The van der Waals surface area contributed by atoms with Crippen LogP contribution in [-0.4, -0.2) is 47.4 Å². The Morgan fingerprint density at radius 1 is 0.380 bits per heavy atom. The number of unbranched alkanes of at least 4 members (excludes halogenated alkanes) is 50. The molecule has 0 rings (SSSR count). The third kappa shape index (κ3) is 57.7. The number of ether oxygens (including phenoxy) is 1. The number of hydrogen-bond acceptors (Lipinski definition) is 5. The van der Waals surface area contributed by atoms with E-state index in [1.165, 1.54) is 302 Å². The highest BCUT2D eigenvalue weighted by molar-refractivity contribution is 5.76. The largest absolute Gasteiger partial charge is 0.466 e. The monoisotopic (exact) mass is 1000 g/mol. The zero-order valence-corrected chi connectivity index (χ0v) is 48.2. The number of nitrogens with one attached hydrogen (secondary N) is 1. The van der Waals surface area contributed by atoms with Crippen LogP contribution in [0.15, 0.2) is 12.2 Å². The quantitative estimate of drug-likeness (QED) is 0.0320. The van der Waals surface area contributed by atoms with E-state index in [4.69, 9.17) is 4.74 Å². The molecule has 0 spiro atoms. The van der Waals surface area contributed by atoms with E-state index in [0.717, 1.165) is 38.5 Å². The molecule has 71 heavy (non-hydrogen) atoms. The van der Waals surface area contributed by atoms with Crippen LogP contribution in [-0.2, 0) is 14.3 Å². The van der Waals surface area contributed by atoms with Gasteiger partial charge in [-0.25, -0.2) is 0 Å². The second-order valence-electron chi connectivity index (χ2n) is 22.5. The molecule has 0 bridgehead atoms. The van der Waals surface area contributed by atoms with Crippen molar-refractivity contribution in [1.29, 1.82) is 0 Å². The number of amides is 1. The molecule has 0 aliphatic carbocycles. The molecule has 0 heterocycles. The average Bonchev–Trinajstić information content (AvgIpc) is 3.37. The number of carbonyl (C=O) groups excluding carboxylic acids is 2. The van der Waals surface area contributed by atoms with Gasteiger partial charge in [0.05, 0.1) is 25.4 Å². The SMILES string of the molecule is CCCCCCCCCCCCCCCCCC/C=C/C(O)C(CO)NC(=O)CCCCCCCCCCCCCCCCCCCCCCCCCCOC(=O)CCCCCCCCCCCCCC. The Balaban J connectivity index is 3.39. The molecular formula is C65H127NO5. The molecule has 0 aromatic heterocycles. The van der Waals surface area contributed by atoms with Crippen molar-refractivity contribution >= 4 is 11.9 Å². The molecule has 0 aliphatic rings. The lowest BCUT2D eigenvalue weighted by atomic mass is 10.0. The maximum atomic E-state index is 12.5. The van der Waals surface area contributed by atoms with Crippen molar-refractivity contribution < 1.29 is 24.5 Å². The lowest BCUT2D eigenvalue weighted by Crippen LogP contribution is -2.45. The highest BCUT2D eigenvalue weighted by Crippen LogP contribution is 2.18. The zero-order valence-electron chi connectivity index (χ0n) is 48.2. The molecule has 3 N–H and O–H groups in total. The van der Waals surface area contributed by atoms with Crippen LogP contribution in [0.2, 0.25) is 0 Å².